The van der Waals surface area contributed by atoms with E-state index in [0.717, 1.165) is 41.1 Å². The third-order valence-electron chi connectivity index (χ3n) is 2.94. The fraction of sp³-hybridized carbons (Fsp3) is 0.429. The van der Waals surface area contributed by atoms with Gasteiger partial charge in [0.15, 0.2) is 5.82 Å². The van der Waals surface area contributed by atoms with Crippen molar-refractivity contribution >= 4 is 15.9 Å². The van der Waals surface area contributed by atoms with Gasteiger partial charge in [0.1, 0.15) is 18.7 Å². The third-order valence-corrected chi connectivity index (χ3v) is 3.57. The SMILES string of the molecule is CCCNCc1cccc(Br)c1OCc1nncn1C. The quantitative estimate of drug-likeness (QED) is 0.788. The summed E-state index contributed by atoms with van der Waals surface area (Å²) in [6, 6.07) is 6.07. The monoisotopic (exact) mass is 338 g/mol. The highest BCUT2D eigenvalue weighted by atomic mass is 79.9. The van der Waals surface area contributed by atoms with Gasteiger partial charge < -0.3 is 14.6 Å². The molecule has 2 aromatic rings. The largest absolute Gasteiger partial charge is 0.484 e. The minimum Gasteiger partial charge on any atom is -0.484 e. The molecule has 5 nitrogen and oxygen atoms in total. The third kappa shape index (κ3) is 3.80. The van der Waals surface area contributed by atoms with E-state index in [-0.39, 0.29) is 0 Å². The van der Waals surface area contributed by atoms with Gasteiger partial charge in [0.2, 0.25) is 0 Å². The molecule has 0 unspecified atom stereocenters. The molecule has 1 aromatic carbocycles. The Kier molecular flexibility index (Phi) is 5.55. The minimum absolute atomic E-state index is 0.403. The Hall–Kier alpha value is -1.40. The molecule has 6 heteroatoms. The molecule has 0 spiro atoms. The van der Waals surface area contributed by atoms with Crippen molar-refractivity contribution in [2.24, 2.45) is 7.05 Å². The van der Waals surface area contributed by atoms with E-state index >= 15 is 0 Å². The summed E-state index contributed by atoms with van der Waals surface area (Å²) in [5.74, 6) is 1.66. The van der Waals surface area contributed by atoms with Crippen LogP contribution in [0, 0.1) is 0 Å². The van der Waals surface area contributed by atoms with Crippen LogP contribution in [0.25, 0.3) is 0 Å². The van der Waals surface area contributed by atoms with Crippen molar-refractivity contribution in [2.75, 3.05) is 6.54 Å². The Bertz CT molecular complexity index is 556. The number of ether oxygens (including phenoxy) is 1. The molecule has 0 fully saturated rings. The zero-order valence-corrected chi connectivity index (χ0v) is 13.4. The Morgan fingerprint density at radius 2 is 2.25 bits per heavy atom. The summed E-state index contributed by atoms with van der Waals surface area (Å²) in [4.78, 5) is 0. The van der Waals surface area contributed by atoms with Crippen LogP contribution in [0.1, 0.15) is 24.7 Å². The molecule has 1 N–H and O–H groups in total. The smallest absolute Gasteiger partial charge is 0.170 e. The number of aromatic nitrogens is 3. The lowest BCUT2D eigenvalue weighted by Crippen LogP contribution is -2.15. The van der Waals surface area contributed by atoms with Gasteiger partial charge in [0.05, 0.1) is 4.47 Å². The number of para-hydroxylation sites is 1. The van der Waals surface area contributed by atoms with Crippen LogP contribution in [0.4, 0.5) is 0 Å². The van der Waals surface area contributed by atoms with Crippen molar-refractivity contribution in [3.63, 3.8) is 0 Å². The Morgan fingerprint density at radius 3 is 2.95 bits per heavy atom. The molecule has 0 aliphatic carbocycles. The molecule has 0 bridgehead atoms. The summed E-state index contributed by atoms with van der Waals surface area (Å²) < 4.78 is 8.72. The fourth-order valence-electron chi connectivity index (χ4n) is 1.83. The van der Waals surface area contributed by atoms with E-state index in [1.54, 1.807) is 6.33 Å². The lowest BCUT2D eigenvalue weighted by Gasteiger charge is -2.13. The number of nitrogens with one attached hydrogen (secondary N) is 1. The van der Waals surface area contributed by atoms with Crippen molar-refractivity contribution in [2.45, 2.75) is 26.5 Å². The van der Waals surface area contributed by atoms with Gasteiger partial charge in [-0.05, 0) is 35.0 Å². The molecule has 1 aromatic heterocycles. The van der Waals surface area contributed by atoms with Crippen LogP contribution in [0.3, 0.4) is 0 Å². The average molecular weight is 339 g/mol. The van der Waals surface area contributed by atoms with Gasteiger partial charge in [-0.25, -0.2) is 0 Å². The molecule has 0 saturated carbocycles. The van der Waals surface area contributed by atoms with Crippen LogP contribution >= 0.6 is 15.9 Å². The van der Waals surface area contributed by atoms with Crippen LogP contribution < -0.4 is 10.1 Å². The zero-order chi connectivity index (χ0) is 14.4. The Labute approximate surface area is 127 Å². The van der Waals surface area contributed by atoms with Crippen molar-refractivity contribution in [3.05, 3.63) is 40.4 Å². The first-order valence-electron chi connectivity index (χ1n) is 6.66. The van der Waals surface area contributed by atoms with Gasteiger partial charge in [-0.1, -0.05) is 19.1 Å². The van der Waals surface area contributed by atoms with E-state index in [0.29, 0.717) is 6.61 Å². The van der Waals surface area contributed by atoms with Crippen LogP contribution in [0.15, 0.2) is 29.0 Å². The molecule has 2 rings (SSSR count). The normalized spacial score (nSPS) is 10.8. The number of hydrogen-bond donors (Lipinski definition) is 1. The molecule has 0 aliphatic heterocycles. The van der Waals surface area contributed by atoms with Gasteiger partial charge in [0.25, 0.3) is 0 Å². The topological polar surface area (TPSA) is 52.0 Å². The summed E-state index contributed by atoms with van der Waals surface area (Å²) in [6.45, 7) is 4.34. The van der Waals surface area contributed by atoms with E-state index in [2.05, 4.69) is 44.4 Å². The summed E-state index contributed by atoms with van der Waals surface area (Å²) in [7, 11) is 1.91. The van der Waals surface area contributed by atoms with Crippen molar-refractivity contribution in [1.29, 1.82) is 0 Å². The summed E-state index contributed by atoms with van der Waals surface area (Å²) in [5.41, 5.74) is 1.13. The number of halogens is 1. The highest BCUT2D eigenvalue weighted by Gasteiger charge is 2.10. The molecule has 0 aliphatic rings. The first kappa shape index (κ1) is 15.0. The maximum absolute atomic E-state index is 5.91. The molecule has 0 amide bonds. The Balaban J connectivity index is 2.07. The van der Waals surface area contributed by atoms with Crippen molar-refractivity contribution in [1.82, 2.24) is 20.1 Å². The molecule has 108 valence electrons. The van der Waals surface area contributed by atoms with E-state index < -0.39 is 0 Å². The molecular formula is C14H19BrN4O. The molecule has 0 radical (unpaired) electrons. The van der Waals surface area contributed by atoms with Crippen LogP contribution in [-0.4, -0.2) is 21.3 Å². The predicted molar refractivity (Wildman–Crippen MR) is 81.5 cm³/mol. The summed E-state index contributed by atoms with van der Waals surface area (Å²) in [6.07, 6.45) is 2.78. The second-order valence-corrected chi connectivity index (χ2v) is 5.41. The first-order valence-corrected chi connectivity index (χ1v) is 7.45. The molecular weight excluding hydrogens is 320 g/mol. The van der Waals surface area contributed by atoms with Crippen LogP contribution in [0.5, 0.6) is 5.75 Å². The minimum atomic E-state index is 0.403. The van der Waals surface area contributed by atoms with Gasteiger partial charge in [0, 0.05) is 19.2 Å². The van der Waals surface area contributed by atoms with E-state index in [4.69, 9.17) is 4.74 Å². The number of aryl methyl sites for hydroxylation is 1. The maximum atomic E-state index is 5.91. The molecule has 0 atom stereocenters. The second kappa shape index (κ2) is 7.40. The second-order valence-electron chi connectivity index (χ2n) is 4.55. The van der Waals surface area contributed by atoms with Crippen LogP contribution in [0.2, 0.25) is 0 Å². The maximum Gasteiger partial charge on any atom is 0.170 e. The fourth-order valence-corrected chi connectivity index (χ4v) is 2.35. The van der Waals surface area contributed by atoms with Crippen molar-refractivity contribution in [3.8, 4) is 5.75 Å². The van der Waals surface area contributed by atoms with Gasteiger partial charge in [-0.3, -0.25) is 0 Å². The number of nitrogens with zero attached hydrogens (tertiary/aromatic N) is 3. The predicted octanol–water partition coefficient (Wildman–Crippen LogP) is 2.66. The van der Waals surface area contributed by atoms with E-state index in [1.165, 1.54) is 0 Å². The van der Waals surface area contributed by atoms with E-state index in [9.17, 15) is 0 Å². The summed E-state index contributed by atoms with van der Waals surface area (Å²) >= 11 is 3.54. The highest BCUT2D eigenvalue weighted by molar-refractivity contribution is 9.10. The Morgan fingerprint density at radius 1 is 1.40 bits per heavy atom. The number of benzene rings is 1. The van der Waals surface area contributed by atoms with Gasteiger partial charge in [-0.15, -0.1) is 10.2 Å². The summed E-state index contributed by atoms with van der Waals surface area (Å²) in [5, 5.41) is 11.3. The van der Waals surface area contributed by atoms with Gasteiger partial charge >= 0.3 is 0 Å². The first-order chi connectivity index (χ1) is 9.72. The van der Waals surface area contributed by atoms with Gasteiger partial charge in [-0.2, -0.15) is 0 Å². The number of hydrogen-bond acceptors (Lipinski definition) is 4. The molecule has 20 heavy (non-hydrogen) atoms. The molecule has 1 heterocycles. The standard InChI is InChI=1S/C14H19BrN4O/c1-3-7-16-8-11-5-4-6-12(15)14(11)20-9-13-18-17-10-19(13)2/h4-6,10,16H,3,7-9H2,1-2H3. The highest BCUT2D eigenvalue weighted by Crippen LogP contribution is 2.29. The van der Waals surface area contributed by atoms with Crippen molar-refractivity contribution < 1.29 is 4.74 Å². The van der Waals surface area contributed by atoms with E-state index in [1.807, 2.05) is 23.7 Å². The zero-order valence-electron chi connectivity index (χ0n) is 11.8. The van der Waals surface area contributed by atoms with Crippen LogP contribution in [-0.2, 0) is 20.2 Å². The average Bonchev–Trinajstić information content (AvgIpc) is 2.84. The lowest BCUT2D eigenvalue weighted by molar-refractivity contribution is 0.285. The molecule has 0 saturated heterocycles. The number of rotatable bonds is 7. The lowest BCUT2D eigenvalue weighted by atomic mass is 10.2.